The Balaban J connectivity index is 1.88. The molecule has 0 aromatic heterocycles. The van der Waals surface area contributed by atoms with E-state index in [2.05, 4.69) is 5.32 Å². The number of sulfonamides is 1. The fourth-order valence-electron chi connectivity index (χ4n) is 2.81. The van der Waals surface area contributed by atoms with Crippen molar-refractivity contribution in [2.45, 2.75) is 19.4 Å². The average Bonchev–Trinajstić information content (AvgIpc) is 2.73. The monoisotopic (exact) mass is 394 g/mol. The summed E-state index contributed by atoms with van der Waals surface area (Å²) in [6.45, 7) is 2.03. The largest absolute Gasteiger partial charge is 0.478 e. The summed E-state index contributed by atoms with van der Waals surface area (Å²) in [5.41, 5.74) is 1.91. The molecule has 1 heterocycles. The first-order valence-corrected chi connectivity index (χ1v) is 10.3. The van der Waals surface area contributed by atoms with Crippen LogP contribution in [0.3, 0.4) is 0 Å². The molecule has 1 aliphatic heterocycles. The number of fused-ring (bicyclic) bond motifs is 1. The van der Waals surface area contributed by atoms with Gasteiger partial charge >= 0.3 is 0 Å². The second kappa shape index (κ2) is 7.17. The van der Waals surface area contributed by atoms with Gasteiger partial charge < -0.3 is 10.1 Å². The van der Waals surface area contributed by atoms with E-state index in [4.69, 9.17) is 16.3 Å². The highest BCUT2D eigenvalue weighted by molar-refractivity contribution is 7.92. The minimum Gasteiger partial charge on any atom is -0.478 e. The molecule has 0 radical (unpaired) electrons. The highest BCUT2D eigenvalue weighted by Crippen LogP contribution is 2.35. The quantitative estimate of drug-likeness (QED) is 0.867. The molecule has 0 aliphatic carbocycles. The number of aryl methyl sites for hydroxylation is 1. The van der Waals surface area contributed by atoms with E-state index < -0.39 is 16.1 Å². The number of nitrogens with one attached hydrogen (secondary N) is 1. The Morgan fingerprint density at radius 1 is 1.27 bits per heavy atom. The molecule has 6 nitrogen and oxygen atoms in total. The van der Waals surface area contributed by atoms with E-state index in [1.807, 2.05) is 13.0 Å². The van der Waals surface area contributed by atoms with Gasteiger partial charge in [0.1, 0.15) is 5.75 Å². The van der Waals surface area contributed by atoms with Gasteiger partial charge in [0, 0.05) is 23.7 Å². The third-order valence-electron chi connectivity index (χ3n) is 4.03. The lowest BCUT2D eigenvalue weighted by Crippen LogP contribution is -2.35. The molecule has 1 aliphatic rings. The average molecular weight is 395 g/mol. The number of amides is 1. The maximum Gasteiger partial charge on any atom is 0.265 e. The van der Waals surface area contributed by atoms with Crippen molar-refractivity contribution in [2.24, 2.45) is 0 Å². The topological polar surface area (TPSA) is 75.7 Å². The van der Waals surface area contributed by atoms with Gasteiger partial charge in [0.15, 0.2) is 6.10 Å². The first-order chi connectivity index (χ1) is 12.2. The molecule has 2 aromatic rings. The molecule has 0 saturated heterocycles. The van der Waals surface area contributed by atoms with Crippen molar-refractivity contribution in [2.75, 3.05) is 22.4 Å². The summed E-state index contributed by atoms with van der Waals surface area (Å²) in [4.78, 5) is 12.6. The summed E-state index contributed by atoms with van der Waals surface area (Å²) in [6, 6.07) is 12.0. The first-order valence-electron chi connectivity index (χ1n) is 8.05. The predicted octanol–water partition coefficient (Wildman–Crippen LogP) is 3.20. The molecular formula is C18H19ClN2O4S. The summed E-state index contributed by atoms with van der Waals surface area (Å²) in [5.74, 6) is 0.0129. The Labute approximate surface area is 157 Å². The lowest BCUT2D eigenvalue weighted by molar-refractivity contribution is -0.122. The van der Waals surface area contributed by atoms with Crippen molar-refractivity contribution in [1.82, 2.24) is 0 Å². The van der Waals surface area contributed by atoms with Gasteiger partial charge in [0.25, 0.3) is 5.91 Å². The number of hydrogen-bond donors (Lipinski definition) is 1. The molecule has 1 amide bonds. The molecule has 0 saturated carbocycles. The lowest BCUT2D eigenvalue weighted by Gasteiger charge is -2.21. The van der Waals surface area contributed by atoms with Gasteiger partial charge in [-0.2, -0.15) is 0 Å². The van der Waals surface area contributed by atoms with Gasteiger partial charge in [0.05, 0.1) is 11.9 Å². The maximum atomic E-state index is 12.6. The molecule has 138 valence electrons. The SMILES string of the molecule is Cc1ccc2c(c1)N(S(C)(=O)=O)CC[C@@H](C(=O)Nc1cccc(Cl)c1)O2. The highest BCUT2D eigenvalue weighted by Gasteiger charge is 2.31. The molecule has 2 aromatic carbocycles. The van der Waals surface area contributed by atoms with Crippen LogP contribution in [0.15, 0.2) is 42.5 Å². The summed E-state index contributed by atoms with van der Waals surface area (Å²) >= 11 is 5.94. The Hall–Kier alpha value is -2.25. The van der Waals surface area contributed by atoms with Crippen LogP contribution in [0.5, 0.6) is 5.75 Å². The first kappa shape index (κ1) is 18.5. The van der Waals surface area contributed by atoms with Gasteiger partial charge in [0.2, 0.25) is 10.0 Å². The molecule has 1 N–H and O–H groups in total. The normalized spacial score (nSPS) is 17.0. The van der Waals surface area contributed by atoms with Gasteiger partial charge in [-0.1, -0.05) is 23.7 Å². The number of halogens is 1. The van der Waals surface area contributed by atoms with Crippen LogP contribution < -0.4 is 14.4 Å². The smallest absolute Gasteiger partial charge is 0.265 e. The van der Waals surface area contributed by atoms with Crippen LogP contribution in [0, 0.1) is 6.92 Å². The Morgan fingerprint density at radius 2 is 2.04 bits per heavy atom. The molecule has 1 atom stereocenters. The summed E-state index contributed by atoms with van der Waals surface area (Å²) < 4.78 is 31.5. The van der Waals surface area contributed by atoms with Crippen LogP contribution in [-0.2, 0) is 14.8 Å². The number of hydrogen-bond acceptors (Lipinski definition) is 4. The van der Waals surface area contributed by atoms with E-state index in [0.29, 0.717) is 22.1 Å². The van der Waals surface area contributed by atoms with Crippen LogP contribution in [-0.4, -0.2) is 33.2 Å². The van der Waals surface area contributed by atoms with Crippen molar-refractivity contribution in [1.29, 1.82) is 0 Å². The molecule has 0 unspecified atom stereocenters. The number of benzene rings is 2. The molecule has 0 spiro atoms. The van der Waals surface area contributed by atoms with Crippen LogP contribution in [0.1, 0.15) is 12.0 Å². The van der Waals surface area contributed by atoms with Gasteiger partial charge in [-0.25, -0.2) is 8.42 Å². The van der Waals surface area contributed by atoms with Crippen LogP contribution in [0.25, 0.3) is 0 Å². The van der Waals surface area contributed by atoms with E-state index in [0.717, 1.165) is 11.8 Å². The van der Waals surface area contributed by atoms with Gasteiger partial charge in [-0.05, 0) is 42.8 Å². The molecular weight excluding hydrogens is 376 g/mol. The molecule has 0 bridgehead atoms. The van der Waals surface area contributed by atoms with Gasteiger partial charge in [-0.3, -0.25) is 9.10 Å². The molecule has 8 heteroatoms. The molecule has 0 fully saturated rings. The number of nitrogens with zero attached hydrogens (tertiary/aromatic N) is 1. The fourth-order valence-corrected chi connectivity index (χ4v) is 3.93. The van der Waals surface area contributed by atoms with Gasteiger partial charge in [-0.15, -0.1) is 0 Å². The summed E-state index contributed by atoms with van der Waals surface area (Å²) in [6.07, 6.45) is 0.556. The van der Waals surface area contributed by atoms with Crippen LogP contribution in [0.4, 0.5) is 11.4 Å². The number of carbonyl (C=O) groups excluding carboxylic acids is 1. The Bertz CT molecular complexity index is 946. The second-order valence-electron chi connectivity index (χ2n) is 6.20. The number of ether oxygens (including phenoxy) is 1. The van der Waals surface area contributed by atoms with Crippen LogP contribution in [0.2, 0.25) is 5.02 Å². The zero-order valence-electron chi connectivity index (χ0n) is 14.4. The zero-order chi connectivity index (χ0) is 18.9. The summed E-state index contributed by atoms with van der Waals surface area (Å²) in [7, 11) is -3.49. The predicted molar refractivity (Wildman–Crippen MR) is 102 cm³/mol. The van der Waals surface area contributed by atoms with Crippen molar-refractivity contribution < 1.29 is 17.9 Å². The number of rotatable bonds is 3. The standard InChI is InChI=1S/C18H19ClN2O4S/c1-12-6-7-16-15(10-12)21(26(2,23)24)9-8-17(25-16)18(22)20-14-5-3-4-13(19)11-14/h3-7,10-11,17H,8-9H2,1-2H3,(H,20,22)/t17-/m0/s1. The van der Waals surface area contributed by atoms with E-state index >= 15 is 0 Å². The third kappa shape index (κ3) is 4.11. The van der Waals surface area contributed by atoms with Crippen molar-refractivity contribution in [3.63, 3.8) is 0 Å². The van der Waals surface area contributed by atoms with E-state index in [1.165, 1.54) is 4.31 Å². The maximum absolute atomic E-state index is 12.6. The van der Waals surface area contributed by atoms with Crippen molar-refractivity contribution in [3.05, 3.63) is 53.1 Å². The Morgan fingerprint density at radius 3 is 2.73 bits per heavy atom. The van der Waals surface area contributed by atoms with E-state index in [-0.39, 0.29) is 18.9 Å². The van der Waals surface area contributed by atoms with E-state index in [1.54, 1.807) is 36.4 Å². The highest BCUT2D eigenvalue weighted by atomic mass is 35.5. The van der Waals surface area contributed by atoms with E-state index in [9.17, 15) is 13.2 Å². The van der Waals surface area contributed by atoms with Crippen molar-refractivity contribution in [3.8, 4) is 5.75 Å². The fraction of sp³-hybridized carbons (Fsp3) is 0.278. The van der Waals surface area contributed by atoms with Crippen molar-refractivity contribution >= 4 is 38.9 Å². The molecule has 3 rings (SSSR count). The van der Waals surface area contributed by atoms with Crippen LogP contribution >= 0.6 is 11.6 Å². The molecule has 26 heavy (non-hydrogen) atoms. The third-order valence-corrected chi connectivity index (χ3v) is 5.45. The number of carbonyl (C=O) groups is 1. The minimum atomic E-state index is -3.49. The minimum absolute atomic E-state index is 0.156. The number of anilines is 2. The second-order valence-corrected chi connectivity index (χ2v) is 8.54. The lowest BCUT2D eigenvalue weighted by atomic mass is 10.2. The zero-order valence-corrected chi connectivity index (χ0v) is 16.0. The summed E-state index contributed by atoms with van der Waals surface area (Å²) in [5, 5.41) is 3.27. The Kier molecular flexibility index (Phi) is 5.11.